The highest BCUT2D eigenvalue weighted by atomic mass is 15.3. The van der Waals surface area contributed by atoms with Gasteiger partial charge in [-0.05, 0) is 76.6 Å². The third-order valence-electron chi connectivity index (χ3n) is 5.28. The van der Waals surface area contributed by atoms with Crippen LogP contribution >= 0.6 is 0 Å². The zero-order chi connectivity index (χ0) is 19.8. The number of nitrogens with zero attached hydrogens (tertiary/aromatic N) is 4. The van der Waals surface area contributed by atoms with E-state index in [-0.39, 0.29) is 0 Å². The van der Waals surface area contributed by atoms with E-state index in [1.165, 1.54) is 31.4 Å². The standard InChI is InChI=1S/C22H32N6/c1-4-28(5-2)19-11-12-20(17(3)15-19)25-22-26-21(16-24-27-22)23-14-13-18-9-7-6-8-10-18/h9,11-12,15-16H,4-8,10,13-14H2,1-3H3,(H2,23,25,26,27). The van der Waals surface area contributed by atoms with Gasteiger partial charge in [-0.15, -0.1) is 5.10 Å². The molecule has 0 bridgehead atoms. The molecule has 150 valence electrons. The van der Waals surface area contributed by atoms with Crippen LogP contribution in [0.15, 0.2) is 36.0 Å². The Morgan fingerprint density at radius 2 is 2.00 bits per heavy atom. The molecule has 0 spiro atoms. The third-order valence-corrected chi connectivity index (χ3v) is 5.28. The van der Waals surface area contributed by atoms with Gasteiger partial charge in [0.25, 0.3) is 0 Å². The lowest BCUT2D eigenvalue weighted by Crippen LogP contribution is -2.21. The Kier molecular flexibility index (Phi) is 7.23. The summed E-state index contributed by atoms with van der Waals surface area (Å²) in [6.45, 7) is 9.33. The van der Waals surface area contributed by atoms with Crippen molar-refractivity contribution in [2.45, 2.75) is 52.9 Å². The van der Waals surface area contributed by atoms with Crippen LogP contribution in [0.25, 0.3) is 0 Å². The molecule has 0 aliphatic heterocycles. The molecule has 0 radical (unpaired) electrons. The van der Waals surface area contributed by atoms with Crippen LogP contribution in [0, 0.1) is 6.92 Å². The zero-order valence-corrected chi connectivity index (χ0v) is 17.3. The van der Waals surface area contributed by atoms with E-state index < -0.39 is 0 Å². The van der Waals surface area contributed by atoms with Crippen molar-refractivity contribution in [3.63, 3.8) is 0 Å². The molecule has 0 saturated carbocycles. The van der Waals surface area contributed by atoms with Crippen LogP contribution in [0.1, 0.15) is 51.5 Å². The molecule has 0 saturated heterocycles. The first kappa shape index (κ1) is 20.1. The molecular formula is C22H32N6. The van der Waals surface area contributed by atoms with Crippen LogP contribution in [0.3, 0.4) is 0 Å². The van der Waals surface area contributed by atoms with Gasteiger partial charge in [-0.1, -0.05) is 11.6 Å². The Morgan fingerprint density at radius 1 is 1.14 bits per heavy atom. The van der Waals surface area contributed by atoms with Gasteiger partial charge in [-0.25, -0.2) is 0 Å². The van der Waals surface area contributed by atoms with E-state index in [2.05, 4.69) is 75.8 Å². The average Bonchev–Trinajstić information content (AvgIpc) is 2.72. The Hall–Kier alpha value is -2.63. The summed E-state index contributed by atoms with van der Waals surface area (Å²) in [4.78, 5) is 6.89. The molecule has 2 N–H and O–H groups in total. The zero-order valence-electron chi connectivity index (χ0n) is 17.3. The highest BCUT2D eigenvalue weighted by molar-refractivity contribution is 5.64. The minimum atomic E-state index is 0.514. The maximum absolute atomic E-state index is 4.56. The van der Waals surface area contributed by atoms with Crippen molar-refractivity contribution in [2.75, 3.05) is 35.2 Å². The van der Waals surface area contributed by atoms with Crippen molar-refractivity contribution in [1.29, 1.82) is 0 Å². The number of benzene rings is 1. The Labute approximate surface area is 168 Å². The maximum Gasteiger partial charge on any atom is 0.249 e. The highest BCUT2D eigenvalue weighted by Crippen LogP contribution is 2.25. The number of anilines is 4. The highest BCUT2D eigenvalue weighted by Gasteiger charge is 2.08. The second kappa shape index (κ2) is 10.1. The van der Waals surface area contributed by atoms with E-state index >= 15 is 0 Å². The summed E-state index contributed by atoms with van der Waals surface area (Å²) in [5.74, 6) is 1.27. The van der Waals surface area contributed by atoms with Gasteiger partial charge in [0.15, 0.2) is 5.82 Å². The molecule has 1 aromatic heterocycles. The minimum Gasteiger partial charge on any atom is -0.372 e. The topological polar surface area (TPSA) is 66.0 Å². The number of aromatic nitrogens is 3. The molecule has 2 aromatic rings. The molecule has 0 unspecified atom stereocenters. The molecule has 1 heterocycles. The molecule has 28 heavy (non-hydrogen) atoms. The van der Waals surface area contributed by atoms with E-state index in [1.54, 1.807) is 11.8 Å². The van der Waals surface area contributed by atoms with Crippen molar-refractivity contribution < 1.29 is 0 Å². The quantitative estimate of drug-likeness (QED) is 0.592. The molecule has 1 aliphatic rings. The van der Waals surface area contributed by atoms with Gasteiger partial charge in [-0.3, -0.25) is 0 Å². The summed E-state index contributed by atoms with van der Waals surface area (Å²) in [5.41, 5.74) is 4.96. The normalized spacial score (nSPS) is 13.8. The van der Waals surface area contributed by atoms with Crippen LogP contribution < -0.4 is 15.5 Å². The molecule has 3 rings (SSSR count). The number of hydrogen-bond acceptors (Lipinski definition) is 6. The first-order valence-corrected chi connectivity index (χ1v) is 10.4. The molecule has 6 heteroatoms. The second-order valence-corrected chi connectivity index (χ2v) is 7.25. The summed E-state index contributed by atoms with van der Waals surface area (Å²) in [7, 11) is 0. The Bertz CT molecular complexity index is 797. The average molecular weight is 381 g/mol. The van der Waals surface area contributed by atoms with Crippen LogP contribution in [0.2, 0.25) is 0 Å². The predicted molar refractivity (Wildman–Crippen MR) is 118 cm³/mol. The van der Waals surface area contributed by atoms with Crippen LogP contribution in [0.5, 0.6) is 0 Å². The fourth-order valence-corrected chi connectivity index (χ4v) is 3.62. The van der Waals surface area contributed by atoms with Gasteiger partial charge in [0.1, 0.15) is 0 Å². The molecule has 0 amide bonds. The lowest BCUT2D eigenvalue weighted by Gasteiger charge is -2.22. The number of allylic oxidation sites excluding steroid dienone is 1. The fourth-order valence-electron chi connectivity index (χ4n) is 3.62. The second-order valence-electron chi connectivity index (χ2n) is 7.25. The largest absolute Gasteiger partial charge is 0.372 e. The summed E-state index contributed by atoms with van der Waals surface area (Å²) in [6, 6.07) is 6.42. The number of hydrogen-bond donors (Lipinski definition) is 2. The SMILES string of the molecule is CCN(CC)c1ccc(Nc2nncc(NCCC3=CCCCC3)n2)c(C)c1. The first-order chi connectivity index (χ1) is 13.7. The van der Waals surface area contributed by atoms with Gasteiger partial charge < -0.3 is 15.5 Å². The van der Waals surface area contributed by atoms with Crippen LogP contribution in [0.4, 0.5) is 23.1 Å². The Balaban J connectivity index is 1.60. The van der Waals surface area contributed by atoms with E-state index in [4.69, 9.17) is 0 Å². The van der Waals surface area contributed by atoms with Crippen molar-refractivity contribution in [1.82, 2.24) is 15.2 Å². The van der Waals surface area contributed by atoms with E-state index in [0.29, 0.717) is 5.95 Å². The fraction of sp³-hybridized carbons (Fsp3) is 0.500. The van der Waals surface area contributed by atoms with Gasteiger partial charge in [0.2, 0.25) is 5.95 Å². The van der Waals surface area contributed by atoms with Crippen molar-refractivity contribution in [3.8, 4) is 0 Å². The van der Waals surface area contributed by atoms with Crippen molar-refractivity contribution >= 4 is 23.1 Å². The molecule has 1 aliphatic carbocycles. The van der Waals surface area contributed by atoms with Crippen molar-refractivity contribution in [3.05, 3.63) is 41.6 Å². The predicted octanol–water partition coefficient (Wildman–Crippen LogP) is 5.07. The van der Waals surface area contributed by atoms with Crippen LogP contribution in [-0.4, -0.2) is 34.8 Å². The van der Waals surface area contributed by atoms with Gasteiger partial charge in [0, 0.05) is 31.0 Å². The summed E-state index contributed by atoms with van der Waals surface area (Å²) in [6.07, 6.45) is 10.2. The number of nitrogens with one attached hydrogen (secondary N) is 2. The smallest absolute Gasteiger partial charge is 0.249 e. The van der Waals surface area contributed by atoms with E-state index in [0.717, 1.165) is 43.1 Å². The molecule has 0 fully saturated rings. The van der Waals surface area contributed by atoms with Gasteiger partial charge in [-0.2, -0.15) is 10.1 Å². The number of aryl methyl sites for hydroxylation is 1. The monoisotopic (exact) mass is 380 g/mol. The number of rotatable bonds is 9. The van der Waals surface area contributed by atoms with Crippen molar-refractivity contribution in [2.24, 2.45) is 0 Å². The maximum atomic E-state index is 4.56. The van der Waals surface area contributed by atoms with Crippen LogP contribution in [-0.2, 0) is 0 Å². The van der Waals surface area contributed by atoms with E-state index in [9.17, 15) is 0 Å². The van der Waals surface area contributed by atoms with Gasteiger partial charge in [0.05, 0.1) is 6.20 Å². The van der Waals surface area contributed by atoms with Gasteiger partial charge >= 0.3 is 0 Å². The lowest BCUT2D eigenvalue weighted by molar-refractivity contribution is 0.679. The summed E-state index contributed by atoms with van der Waals surface area (Å²) in [5, 5.41) is 14.9. The summed E-state index contributed by atoms with van der Waals surface area (Å²) >= 11 is 0. The molecule has 0 atom stereocenters. The molecule has 1 aromatic carbocycles. The Morgan fingerprint density at radius 3 is 2.71 bits per heavy atom. The molecular weight excluding hydrogens is 348 g/mol. The minimum absolute atomic E-state index is 0.514. The lowest BCUT2D eigenvalue weighted by atomic mass is 9.97. The third kappa shape index (κ3) is 5.44. The van der Waals surface area contributed by atoms with E-state index in [1.807, 2.05) is 0 Å². The molecule has 6 nitrogen and oxygen atoms in total. The first-order valence-electron chi connectivity index (χ1n) is 10.4. The summed E-state index contributed by atoms with van der Waals surface area (Å²) < 4.78 is 0.